The van der Waals surface area contributed by atoms with E-state index in [1.54, 1.807) is 195 Å². The number of primary amides is 1. The minimum absolute atomic E-state index is 0. The van der Waals surface area contributed by atoms with Gasteiger partial charge in [0.25, 0.3) is 5.91 Å². The Bertz CT molecular complexity index is 6350. The number of rotatable bonds is 14. The monoisotopic (exact) mass is 1980 g/mol. The van der Waals surface area contributed by atoms with E-state index in [4.69, 9.17) is 105 Å². The van der Waals surface area contributed by atoms with Crippen molar-refractivity contribution < 1.29 is 107 Å². The molecule has 7 N–H and O–H groups in total. The zero-order valence-electron chi connectivity index (χ0n) is 66.6. The van der Waals surface area contributed by atoms with Crippen LogP contribution in [0.5, 0.6) is 0 Å². The Labute approximate surface area is 789 Å². The molecule has 5 aromatic carbocycles. The van der Waals surface area contributed by atoms with Crippen LogP contribution in [-0.4, -0.2) is 161 Å². The third kappa shape index (κ3) is 30.9. The molecule has 1 amide bonds. The van der Waals surface area contributed by atoms with Gasteiger partial charge in [-0.2, -0.15) is 38.7 Å². The molecule has 0 fully saturated rings. The second-order valence-corrected chi connectivity index (χ2v) is 35.4. The molecule has 2 unspecified atom stereocenters. The molecule has 2 atom stereocenters. The number of thiophene rings is 5. The van der Waals surface area contributed by atoms with E-state index >= 15 is 0 Å². The molecule has 648 valence electrons. The quantitative estimate of drug-likeness (QED) is 0.0112. The zero-order chi connectivity index (χ0) is 89.5. The van der Waals surface area contributed by atoms with Gasteiger partial charge in [-0.05, 0) is 156 Å². The molecule has 125 heavy (non-hydrogen) atoms. The maximum Gasteiger partial charge on any atom is 2.00 e. The number of nitrogens with zero attached hydrogens (tertiary/aromatic N) is 5. The molecular weight excluding hydrogens is 1910 g/mol. The molecule has 0 saturated carbocycles. The van der Waals surface area contributed by atoms with Crippen molar-refractivity contribution >= 4 is 246 Å². The number of aliphatic hydroxyl groups is 3. The SMILES string of the molecule is C.CC(C)(C)OC(=O)c1cc2c(C(O)c3ccc(Cl)cc3)cncc2s1.CC(C)(C)OC(=O)c1cc2c(C=O)cncc2s1.CO.COC(=O)c1cc2c(C(=O)c3ccc(Cl)cc3)cncc2s1.COC(=O)c1cc2c(C(O)c3ccc(Cl)cc3)cncc2s1.Clc1cc[c-]cc1.NC(=O)c1cc2c(C(=O)c3ccc(Cl)cc3)cncc2s1.O=S(=O)(O)O.[Br-].[Mg+2]. The number of carbonyl (C=O) groups excluding carboxylic acids is 8. The Morgan fingerprint density at radius 3 is 1.02 bits per heavy atom. The Morgan fingerprint density at radius 2 is 0.704 bits per heavy atom. The number of amides is 1. The number of aldehydes is 1. The maximum absolute atomic E-state index is 12.6. The number of aromatic nitrogens is 5. The summed E-state index contributed by atoms with van der Waals surface area (Å²) >= 11 is 35.3. The number of methoxy groups -OCH3 is 2. The van der Waals surface area contributed by atoms with Crippen LogP contribution in [0.25, 0.3) is 50.4 Å². The number of pyridine rings is 5. The second-order valence-electron chi connectivity index (χ2n) is 26.9. The number of carbonyl (C=O) groups is 8. The molecule has 15 rings (SSSR count). The standard InChI is InChI=1S/C19H18ClNO3S.C16H12ClNO3S.C16H10ClNO3S.C15H9ClN2O2S.C13H13NO3S.C6H4Cl.CH4O.CH4.BrH.Mg.H2O4S/c1-19(2,3)24-18(23)15-8-13-14(9-21-10-16(13)25-15)17(22)11-4-6-12(20)7-5-11;2*1-21-16(20)13-6-11-12(7-18-8-14(11)22-13)15(19)9-2-4-10(17)5-3-9;16-9-3-1-8(2-4-9)14(19)11-6-18-7-13-10(11)5-12(21-13)15(17)20;1-13(2,3)17-12(16)10-4-9-8(7-15)5-14-6-11(9)18-10;7-6-4-2-1-3-5-6;1-2;;;;1-5(2,3)4/h4-10,17,22H,1-3H3;2-8,15,19H,1H3;2-8H,1H3;1-7H,(H2,17,20);4-7H,1-3H3;2-5H;2H,1H3;1H4;1H;;(H2,1,2,3,4)/q;;;;;-1;;;;+2;/p-1. The average Bonchev–Trinajstić information content (AvgIpc) is 1.69. The van der Waals surface area contributed by atoms with E-state index in [1.165, 1.54) is 89.5 Å². The minimum Gasteiger partial charge on any atom is -1.00 e. The van der Waals surface area contributed by atoms with Crippen LogP contribution in [0.3, 0.4) is 0 Å². The average molecular weight is 1980 g/mol. The number of benzene rings is 5. The molecule has 0 radical (unpaired) electrons. The molecule has 0 aliphatic heterocycles. The molecule has 0 saturated heterocycles. The number of hydrogen-bond acceptors (Lipinski definition) is 27. The van der Waals surface area contributed by atoms with Crippen LogP contribution in [-0.2, 0) is 29.3 Å². The van der Waals surface area contributed by atoms with Gasteiger partial charge in [0.2, 0.25) is 0 Å². The fourth-order valence-electron chi connectivity index (χ4n) is 10.7. The van der Waals surface area contributed by atoms with Crippen molar-refractivity contribution in [2.24, 2.45) is 5.73 Å². The first kappa shape index (κ1) is 106. The van der Waals surface area contributed by atoms with E-state index < -0.39 is 51.7 Å². The maximum atomic E-state index is 12.6. The summed E-state index contributed by atoms with van der Waals surface area (Å²) in [4.78, 5) is 118. The minimum atomic E-state index is -4.67. The fourth-order valence-corrected chi connectivity index (χ4v) is 16.0. The van der Waals surface area contributed by atoms with Crippen molar-refractivity contribution in [2.75, 3.05) is 21.3 Å². The molecule has 25 nitrogen and oxygen atoms in total. The molecule has 10 aromatic heterocycles. The first-order valence-corrected chi connectivity index (χ1v) is 42.7. The summed E-state index contributed by atoms with van der Waals surface area (Å²) in [6.45, 7) is 10.9. The molecule has 10 heterocycles. The van der Waals surface area contributed by atoms with E-state index in [9.17, 15) is 48.6 Å². The number of ketones is 2. The number of fused-ring (bicyclic) bond motifs is 5. The van der Waals surface area contributed by atoms with E-state index in [-0.39, 0.29) is 71.0 Å². The van der Waals surface area contributed by atoms with E-state index in [1.807, 2.05) is 41.5 Å². The summed E-state index contributed by atoms with van der Waals surface area (Å²) in [6.07, 6.45) is 15.0. The van der Waals surface area contributed by atoms with Gasteiger partial charge < -0.3 is 57.0 Å². The Morgan fingerprint density at radius 1 is 0.432 bits per heavy atom. The first-order chi connectivity index (χ1) is 57.8. The van der Waals surface area contributed by atoms with Crippen LogP contribution in [0.1, 0.15) is 174 Å². The Hall–Kier alpha value is -9.54. The summed E-state index contributed by atoms with van der Waals surface area (Å²) in [5, 5.41) is 35.1. The van der Waals surface area contributed by atoms with Crippen LogP contribution >= 0.6 is 115 Å². The van der Waals surface area contributed by atoms with Gasteiger partial charge in [0.05, 0.1) is 42.6 Å². The smallest absolute Gasteiger partial charge is 1.00 e. The topological polar surface area (TPSA) is 399 Å². The number of hydrogen-bond donors (Lipinski definition) is 6. The number of nitrogens with two attached hydrogens (primary N) is 1. The molecule has 0 bridgehead atoms. The molecule has 0 spiro atoms. The fraction of sp³-hybridized carbons (Fsp3) is 0.161. The largest absolute Gasteiger partial charge is 2.00 e. The van der Waals surface area contributed by atoms with Gasteiger partial charge in [0.1, 0.15) is 42.9 Å². The number of halogens is 6. The Balaban J connectivity index is 0.000000266. The molecule has 0 aliphatic rings. The number of ether oxygens (including phenoxy) is 4. The van der Waals surface area contributed by atoms with Crippen LogP contribution < -0.4 is 22.7 Å². The van der Waals surface area contributed by atoms with Crippen LogP contribution in [0.4, 0.5) is 0 Å². The predicted molar refractivity (Wildman–Crippen MR) is 491 cm³/mol. The van der Waals surface area contributed by atoms with Gasteiger partial charge in [0.15, 0.2) is 17.9 Å². The first-order valence-electron chi connectivity index (χ1n) is 35.3. The molecular formula is C87H76BrCl5MgN6O19S6. The summed E-state index contributed by atoms with van der Waals surface area (Å²) in [5.74, 6) is -2.41. The van der Waals surface area contributed by atoms with E-state index in [0.29, 0.717) is 105 Å². The summed E-state index contributed by atoms with van der Waals surface area (Å²) < 4.78 is 55.7. The van der Waals surface area contributed by atoms with Gasteiger partial charge in [-0.25, -0.2) is 19.2 Å². The van der Waals surface area contributed by atoms with Crippen molar-refractivity contribution in [2.45, 2.75) is 72.4 Å². The predicted octanol–water partition coefficient (Wildman–Crippen LogP) is 17.5. The van der Waals surface area contributed by atoms with Gasteiger partial charge in [-0.1, -0.05) is 83.1 Å². The third-order valence-corrected chi connectivity index (χ3v) is 22.6. The number of aliphatic hydroxyl groups excluding tert-OH is 3. The molecule has 38 heteroatoms. The number of esters is 4. The van der Waals surface area contributed by atoms with Crippen LogP contribution in [0, 0.1) is 6.07 Å². The Kier molecular flexibility index (Phi) is 41.5. The van der Waals surface area contributed by atoms with E-state index in [2.05, 4.69) is 31.0 Å². The van der Waals surface area contributed by atoms with Crippen molar-refractivity contribution in [3.05, 3.63) is 319 Å². The van der Waals surface area contributed by atoms with Crippen LogP contribution in [0.2, 0.25) is 25.1 Å². The zero-order valence-corrected chi connectivity index (χ0v) is 78.3. The molecule has 0 aliphatic carbocycles. The summed E-state index contributed by atoms with van der Waals surface area (Å²) in [6, 6.07) is 45.7. The van der Waals surface area contributed by atoms with E-state index in [0.717, 1.165) is 58.1 Å². The van der Waals surface area contributed by atoms with Gasteiger partial charge in [-0.3, -0.25) is 53.2 Å². The van der Waals surface area contributed by atoms with Crippen molar-refractivity contribution in [1.82, 2.24) is 24.9 Å². The normalized spacial score (nSPS) is 11.1. The summed E-state index contributed by atoms with van der Waals surface area (Å²) in [5.41, 5.74) is 9.32. The third-order valence-electron chi connectivity index (χ3n) is 16.0. The second kappa shape index (κ2) is 49.0. The van der Waals surface area contributed by atoms with Crippen molar-refractivity contribution in [3.8, 4) is 0 Å². The van der Waals surface area contributed by atoms with Crippen molar-refractivity contribution in [1.29, 1.82) is 0 Å². The van der Waals surface area contributed by atoms with Gasteiger partial charge in [0, 0.05) is 155 Å². The van der Waals surface area contributed by atoms with Gasteiger partial charge in [-0.15, -0.1) is 68.3 Å². The summed E-state index contributed by atoms with van der Waals surface area (Å²) in [7, 11) is -1.00. The van der Waals surface area contributed by atoms with Crippen LogP contribution in [0.15, 0.2) is 214 Å². The van der Waals surface area contributed by atoms with Gasteiger partial charge >= 0.3 is 57.3 Å². The van der Waals surface area contributed by atoms with Crippen molar-refractivity contribution in [3.63, 3.8) is 0 Å². The molecule has 15 aromatic rings.